The van der Waals surface area contributed by atoms with Crippen molar-refractivity contribution < 1.29 is 0 Å². The first-order chi connectivity index (χ1) is 14.9. The molecule has 0 saturated heterocycles. The van der Waals surface area contributed by atoms with E-state index in [0.29, 0.717) is 35.1 Å². The molecule has 4 rings (SSSR count). The molecule has 8 heteroatoms. The fourth-order valence-corrected chi connectivity index (χ4v) is 3.34. The minimum Gasteiger partial charge on any atom is -0.368 e. The quantitative estimate of drug-likeness (QED) is 0.532. The predicted molar refractivity (Wildman–Crippen MR) is 118 cm³/mol. The minimum atomic E-state index is 0.134. The van der Waals surface area contributed by atoms with Gasteiger partial charge in [-0.15, -0.1) is 5.10 Å². The average Bonchev–Trinajstić information content (AvgIpc) is 3.22. The highest BCUT2D eigenvalue weighted by Gasteiger charge is 2.13. The highest BCUT2D eigenvalue weighted by Crippen LogP contribution is 2.27. The lowest BCUT2D eigenvalue weighted by Crippen LogP contribution is -2.04. The van der Waals surface area contributed by atoms with Crippen LogP contribution in [0.4, 0.5) is 5.95 Å². The molecule has 0 amide bonds. The molecule has 0 spiro atoms. The first-order valence-corrected chi connectivity index (χ1v) is 9.95. The lowest BCUT2D eigenvalue weighted by molar-refractivity contribution is 0.634. The highest BCUT2D eigenvalue weighted by atomic mass is 15.4. The van der Waals surface area contributed by atoms with Crippen LogP contribution >= 0.6 is 0 Å². The van der Waals surface area contributed by atoms with Crippen LogP contribution in [0.2, 0.25) is 0 Å². The Balaban J connectivity index is 1.65. The molecule has 31 heavy (non-hydrogen) atoms. The Morgan fingerprint density at radius 2 is 1.81 bits per heavy atom. The van der Waals surface area contributed by atoms with E-state index in [2.05, 4.69) is 45.2 Å². The number of nitrogens with two attached hydrogens (primary N) is 1. The largest absolute Gasteiger partial charge is 0.368 e. The van der Waals surface area contributed by atoms with E-state index in [1.807, 2.05) is 49.5 Å². The number of hydrogen-bond acceptors (Lipinski definition) is 7. The van der Waals surface area contributed by atoms with Crippen molar-refractivity contribution in [2.75, 3.05) is 5.73 Å². The summed E-state index contributed by atoms with van der Waals surface area (Å²) in [7, 11) is 0. The number of benzene rings is 1. The first kappa shape index (κ1) is 20.2. The number of hydrogen-bond donors (Lipinski definition) is 1. The van der Waals surface area contributed by atoms with E-state index in [-0.39, 0.29) is 5.95 Å². The van der Waals surface area contributed by atoms with Gasteiger partial charge in [0.2, 0.25) is 5.95 Å². The molecule has 0 unspecified atom stereocenters. The number of pyridine rings is 1. The Labute approximate surface area is 180 Å². The van der Waals surface area contributed by atoms with Gasteiger partial charge >= 0.3 is 0 Å². The molecule has 1 aromatic carbocycles. The van der Waals surface area contributed by atoms with Crippen LogP contribution in [0.3, 0.4) is 0 Å². The third-order valence-electron chi connectivity index (χ3n) is 5.02. The van der Waals surface area contributed by atoms with E-state index >= 15 is 0 Å². The SMILES string of the molecule is Cc1c(C#N)cccc1-c1cc(-c2cn(Cc3cccc(C(C)C)n3)nn2)nc(N)n1. The standard InChI is InChI=1S/C23H22N8/c1-14(2)19-9-5-7-17(26-19)12-31-13-22(29-30-31)21-10-20(27-23(25)28-21)18-8-4-6-16(11-24)15(18)3/h4-10,13-14H,12H2,1-3H3,(H2,25,27,28). The molecule has 0 aliphatic heterocycles. The van der Waals surface area contributed by atoms with E-state index in [1.165, 1.54) is 0 Å². The molecule has 3 aromatic heterocycles. The van der Waals surface area contributed by atoms with Crippen LogP contribution in [0.25, 0.3) is 22.6 Å². The van der Waals surface area contributed by atoms with Gasteiger partial charge < -0.3 is 5.73 Å². The van der Waals surface area contributed by atoms with Crippen LogP contribution in [-0.4, -0.2) is 29.9 Å². The summed E-state index contributed by atoms with van der Waals surface area (Å²) in [5, 5.41) is 17.8. The molecule has 0 saturated carbocycles. The van der Waals surface area contributed by atoms with Crippen LogP contribution in [-0.2, 0) is 6.54 Å². The van der Waals surface area contributed by atoms with Crippen LogP contribution in [0.5, 0.6) is 0 Å². The number of aromatic nitrogens is 6. The molecule has 0 fully saturated rings. The monoisotopic (exact) mass is 410 g/mol. The smallest absolute Gasteiger partial charge is 0.221 e. The van der Waals surface area contributed by atoms with Crippen molar-refractivity contribution >= 4 is 5.95 Å². The average molecular weight is 410 g/mol. The Morgan fingerprint density at radius 1 is 1.03 bits per heavy atom. The molecule has 4 aromatic rings. The zero-order chi connectivity index (χ0) is 22.0. The highest BCUT2D eigenvalue weighted by molar-refractivity contribution is 5.71. The van der Waals surface area contributed by atoms with Gasteiger partial charge in [0.15, 0.2) is 0 Å². The molecular formula is C23H22N8. The zero-order valence-electron chi connectivity index (χ0n) is 17.6. The van der Waals surface area contributed by atoms with E-state index in [1.54, 1.807) is 10.7 Å². The molecule has 154 valence electrons. The molecule has 0 aliphatic rings. The van der Waals surface area contributed by atoms with Crippen molar-refractivity contribution in [1.29, 1.82) is 5.26 Å². The second-order valence-corrected chi connectivity index (χ2v) is 7.60. The summed E-state index contributed by atoms with van der Waals surface area (Å²) in [5.74, 6) is 0.492. The summed E-state index contributed by atoms with van der Waals surface area (Å²) in [4.78, 5) is 13.4. The van der Waals surface area contributed by atoms with Gasteiger partial charge in [0.05, 0.1) is 41.5 Å². The summed E-state index contributed by atoms with van der Waals surface area (Å²) in [5.41, 5.74) is 12.0. The molecule has 0 radical (unpaired) electrons. The van der Waals surface area contributed by atoms with Gasteiger partial charge in [0, 0.05) is 11.3 Å². The van der Waals surface area contributed by atoms with Gasteiger partial charge in [-0.3, -0.25) is 4.98 Å². The van der Waals surface area contributed by atoms with Crippen LogP contribution in [0, 0.1) is 18.3 Å². The Morgan fingerprint density at radius 3 is 2.58 bits per heavy atom. The maximum Gasteiger partial charge on any atom is 0.221 e. The van der Waals surface area contributed by atoms with Crippen molar-refractivity contribution in [1.82, 2.24) is 29.9 Å². The van der Waals surface area contributed by atoms with Gasteiger partial charge in [-0.25, -0.2) is 14.6 Å². The molecular weight excluding hydrogens is 388 g/mol. The van der Waals surface area contributed by atoms with Crippen LogP contribution < -0.4 is 5.73 Å². The van der Waals surface area contributed by atoms with Gasteiger partial charge in [-0.05, 0) is 42.7 Å². The fraction of sp³-hybridized carbons (Fsp3) is 0.217. The summed E-state index contributed by atoms with van der Waals surface area (Å²) in [6.07, 6.45) is 1.81. The second-order valence-electron chi connectivity index (χ2n) is 7.60. The van der Waals surface area contributed by atoms with Gasteiger partial charge in [-0.2, -0.15) is 5.26 Å². The topological polar surface area (TPSA) is 119 Å². The Kier molecular flexibility index (Phi) is 5.41. The lowest BCUT2D eigenvalue weighted by atomic mass is 10.00. The van der Waals surface area contributed by atoms with Gasteiger partial charge in [-0.1, -0.05) is 37.3 Å². The molecule has 2 N–H and O–H groups in total. The molecule has 3 heterocycles. The number of anilines is 1. The lowest BCUT2D eigenvalue weighted by Gasteiger charge is -2.08. The van der Waals surface area contributed by atoms with Crippen molar-refractivity contribution in [2.24, 2.45) is 0 Å². The number of nitriles is 1. The Hall–Kier alpha value is -4.12. The zero-order valence-corrected chi connectivity index (χ0v) is 17.6. The second kappa shape index (κ2) is 8.32. The van der Waals surface area contributed by atoms with Gasteiger partial charge in [0.1, 0.15) is 5.69 Å². The maximum atomic E-state index is 9.31. The maximum absolute atomic E-state index is 9.31. The minimum absolute atomic E-state index is 0.134. The Bertz CT molecular complexity index is 1280. The molecule has 8 nitrogen and oxygen atoms in total. The molecule has 0 atom stereocenters. The van der Waals surface area contributed by atoms with E-state index in [9.17, 15) is 5.26 Å². The summed E-state index contributed by atoms with van der Waals surface area (Å²) >= 11 is 0. The third-order valence-corrected chi connectivity index (χ3v) is 5.02. The van der Waals surface area contributed by atoms with Crippen molar-refractivity contribution in [3.05, 3.63) is 71.2 Å². The van der Waals surface area contributed by atoms with Crippen molar-refractivity contribution in [3.8, 4) is 28.7 Å². The van der Waals surface area contributed by atoms with Gasteiger partial charge in [0.25, 0.3) is 0 Å². The van der Waals surface area contributed by atoms with E-state index in [0.717, 1.165) is 22.5 Å². The summed E-state index contributed by atoms with van der Waals surface area (Å²) in [6.45, 7) is 6.63. The summed E-state index contributed by atoms with van der Waals surface area (Å²) in [6, 6.07) is 15.5. The third kappa shape index (κ3) is 4.26. The fourth-order valence-electron chi connectivity index (χ4n) is 3.34. The molecule has 0 bridgehead atoms. The number of nitrogen functional groups attached to an aromatic ring is 1. The van der Waals surface area contributed by atoms with Crippen molar-refractivity contribution in [2.45, 2.75) is 33.2 Å². The summed E-state index contributed by atoms with van der Waals surface area (Å²) < 4.78 is 1.72. The first-order valence-electron chi connectivity index (χ1n) is 9.95. The van der Waals surface area contributed by atoms with Crippen LogP contribution in [0.15, 0.2) is 48.7 Å². The molecule has 0 aliphatic carbocycles. The number of rotatable bonds is 5. The van der Waals surface area contributed by atoms with Crippen molar-refractivity contribution in [3.63, 3.8) is 0 Å². The van der Waals surface area contributed by atoms with E-state index < -0.39 is 0 Å². The normalized spacial score (nSPS) is 10.9. The van der Waals surface area contributed by atoms with E-state index in [4.69, 9.17) is 5.73 Å². The van der Waals surface area contributed by atoms with Crippen LogP contribution in [0.1, 0.15) is 42.3 Å². The predicted octanol–water partition coefficient (Wildman–Crippen LogP) is 3.73. The number of nitrogens with zero attached hydrogens (tertiary/aromatic N) is 7.